The number of alkyl halides is 1. The molecule has 0 saturated carbocycles. The summed E-state index contributed by atoms with van der Waals surface area (Å²) >= 11 is 6.21. The Morgan fingerprint density at radius 1 is 1.19 bits per heavy atom. The van der Waals surface area contributed by atoms with Crippen molar-refractivity contribution in [3.05, 3.63) is 94.3 Å². The summed E-state index contributed by atoms with van der Waals surface area (Å²) in [7, 11) is 0. The number of nitrogens with zero attached hydrogens (tertiary/aromatic N) is 3. The normalized spacial score (nSPS) is 12.3. The second kappa shape index (κ2) is 16.0. The first kappa shape index (κ1) is 32.7. The summed E-state index contributed by atoms with van der Waals surface area (Å²) < 4.78 is 28.8. The minimum absolute atomic E-state index is 0.0175. The predicted molar refractivity (Wildman–Crippen MR) is 169 cm³/mol. The molecule has 0 amide bonds. The highest BCUT2D eigenvalue weighted by molar-refractivity contribution is 6.31. The molecule has 8 nitrogen and oxygen atoms in total. The number of aryl methyl sites for hydroxylation is 1. The minimum Gasteiger partial charge on any atom is -0.385 e. The molecule has 2 heterocycles. The molecule has 6 N–H and O–H groups in total. The maximum atomic E-state index is 15.0. The van der Waals surface area contributed by atoms with E-state index in [1.807, 2.05) is 31.2 Å². The quantitative estimate of drug-likeness (QED) is 0.0705. The number of fused-ring (bicyclic) bond motifs is 1. The molecule has 0 radical (unpaired) electrons. The van der Waals surface area contributed by atoms with Crippen molar-refractivity contribution < 1.29 is 8.78 Å². The number of H-pyrrole nitrogens is 1. The van der Waals surface area contributed by atoms with Crippen LogP contribution in [0.5, 0.6) is 0 Å². The fourth-order valence-corrected chi connectivity index (χ4v) is 4.66. The number of amidine groups is 1. The van der Waals surface area contributed by atoms with Crippen LogP contribution in [-0.4, -0.2) is 46.2 Å². The average Bonchev–Trinajstić information content (AvgIpc) is 3.39. The van der Waals surface area contributed by atoms with Crippen LogP contribution in [0.25, 0.3) is 28.0 Å². The molecule has 224 valence electrons. The molecule has 0 fully saturated rings. The van der Waals surface area contributed by atoms with Crippen molar-refractivity contribution in [3.63, 3.8) is 0 Å². The Bertz CT molecular complexity index is 1550. The monoisotopic (exact) mass is 597 g/mol. The highest BCUT2D eigenvalue weighted by Gasteiger charge is 2.15. The second-order valence-electron chi connectivity index (χ2n) is 9.89. The lowest BCUT2D eigenvalue weighted by atomic mass is 10.0. The Morgan fingerprint density at radius 2 is 1.93 bits per heavy atom. The van der Waals surface area contributed by atoms with Gasteiger partial charge in [0.2, 0.25) is 0 Å². The summed E-state index contributed by atoms with van der Waals surface area (Å²) in [5.41, 5.74) is 14.5. The molecule has 2 aromatic carbocycles. The fourth-order valence-electron chi connectivity index (χ4n) is 4.41. The van der Waals surface area contributed by atoms with Crippen LogP contribution in [0.4, 0.5) is 8.78 Å². The molecule has 0 aliphatic carbocycles. The first-order valence-electron chi connectivity index (χ1n) is 13.8. The maximum absolute atomic E-state index is 15.0. The number of nitrogens with two attached hydrogens (primary N) is 2. The predicted octanol–water partition coefficient (Wildman–Crippen LogP) is 5.45. The van der Waals surface area contributed by atoms with Crippen LogP contribution in [0.3, 0.4) is 0 Å². The van der Waals surface area contributed by atoms with Gasteiger partial charge in [-0.1, -0.05) is 23.7 Å². The number of aliphatic imine (C=N–C) groups is 1. The van der Waals surface area contributed by atoms with Gasteiger partial charge >= 0.3 is 5.69 Å². The van der Waals surface area contributed by atoms with Crippen LogP contribution in [-0.2, 0) is 13.0 Å². The number of hydrogen-bond donors (Lipinski definition) is 4. The average molecular weight is 598 g/mol. The van der Waals surface area contributed by atoms with E-state index in [2.05, 4.69) is 33.4 Å². The number of aromatic amines is 1. The minimum atomic E-state index is -0.729. The lowest BCUT2D eigenvalue weighted by molar-refractivity contribution is 0.576. The third-order valence-electron chi connectivity index (χ3n) is 6.52. The molecule has 0 bridgehead atoms. The SMILES string of the molecule is C=C.CC(N)CCCc1cc(Cl)c(F)c(-c2cc3cn(-c4ccc(CNCCCN=C(N)CF)cc4)c(=O)nc3[nH]2)c1. The van der Waals surface area contributed by atoms with Crippen molar-refractivity contribution in [3.8, 4) is 16.9 Å². The van der Waals surface area contributed by atoms with Crippen molar-refractivity contribution in [1.29, 1.82) is 0 Å². The highest BCUT2D eigenvalue weighted by atomic mass is 35.5. The van der Waals surface area contributed by atoms with Crippen LogP contribution >= 0.6 is 11.6 Å². The Labute approximate surface area is 249 Å². The lowest BCUT2D eigenvalue weighted by Crippen LogP contribution is -2.20. The van der Waals surface area contributed by atoms with Gasteiger partial charge in [0.25, 0.3) is 0 Å². The molecular formula is C31H38ClF2N7O. The number of benzene rings is 2. The van der Waals surface area contributed by atoms with Crippen molar-refractivity contribution in [1.82, 2.24) is 19.9 Å². The first-order valence-corrected chi connectivity index (χ1v) is 14.1. The summed E-state index contributed by atoms with van der Waals surface area (Å²) in [4.78, 5) is 24.0. The van der Waals surface area contributed by atoms with Crippen molar-refractivity contribution >= 4 is 28.5 Å². The number of halogens is 3. The van der Waals surface area contributed by atoms with E-state index in [1.165, 1.54) is 4.57 Å². The summed E-state index contributed by atoms with van der Waals surface area (Å²) in [5, 5.41) is 4.01. The summed E-state index contributed by atoms with van der Waals surface area (Å²) in [5.74, 6) is -0.510. The zero-order valence-corrected chi connectivity index (χ0v) is 24.6. The van der Waals surface area contributed by atoms with Crippen molar-refractivity contribution in [2.45, 2.75) is 45.2 Å². The van der Waals surface area contributed by atoms with Crippen LogP contribution < -0.4 is 22.5 Å². The van der Waals surface area contributed by atoms with Gasteiger partial charge in [0, 0.05) is 36.3 Å². The summed E-state index contributed by atoms with van der Waals surface area (Å²) in [6, 6.07) is 12.8. The number of aromatic nitrogens is 3. The third-order valence-corrected chi connectivity index (χ3v) is 6.79. The number of hydrogen-bond acceptors (Lipinski definition) is 5. The standard InChI is InChI=1S/C29H34ClF2N7O.C2H4/c1-18(33)4-2-5-20-12-23(27(32)24(30)13-20)25-14-21-17-39(29(40)38-28(21)37-25)22-8-6-19(7-9-22)16-35-10-3-11-36-26(34)15-31;1-2/h6-9,12-14,17-18,35H,2-5,10-11,15-16,33H2,1H3,(H2,34,36)(H,37,38,40);1-2H2. The maximum Gasteiger partial charge on any atom is 0.354 e. The molecule has 4 rings (SSSR count). The van der Waals surface area contributed by atoms with E-state index in [0.717, 1.165) is 36.8 Å². The molecule has 0 aliphatic rings. The molecule has 4 aromatic rings. The second-order valence-corrected chi connectivity index (χ2v) is 10.3. The van der Waals surface area contributed by atoms with Gasteiger partial charge in [-0.3, -0.25) is 9.56 Å². The molecule has 2 aromatic heterocycles. The fraction of sp³-hybridized carbons (Fsp3) is 0.323. The van der Waals surface area contributed by atoms with E-state index < -0.39 is 18.2 Å². The van der Waals surface area contributed by atoms with Gasteiger partial charge in [0.05, 0.1) is 16.4 Å². The summed E-state index contributed by atoms with van der Waals surface area (Å²) in [6.45, 7) is 9.04. The van der Waals surface area contributed by atoms with Crippen LogP contribution in [0.15, 0.2) is 71.6 Å². The molecule has 1 atom stereocenters. The lowest BCUT2D eigenvalue weighted by Gasteiger charge is -2.09. The van der Waals surface area contributed by atoms with Gasteiger partial charge in [-0.25, -0.2) is 13.6 Å². The van der Waals surface area contributed by atoms with Crippen molar-refractivity contribution in [2.24, 2.45) is 16.5 Å². The van der Waals surface area contributed by atoms with E-state index in [4.69, 9.17) is 23.1 Å². The van der Waals surface area contributed by atoms with Gasteiger partial charge in [0.15, 0.2) is 5.82 Å². The molecule has 0 aliphatic heterocycles. The smallest absolute Gasteiger partial charge is 0.354 e. The van der Waals surface area contributed by atoms with Crippen LogP contribution in [0, 0.1) is 5.82 Å². The number of rotatable bonds is 13. The zero-order chi connectivity index (χ0) is 30.6. The molecule has 11 heteroatoms. The van der Waals surface area contributed by atoms with E-state index in [9.17, 15) is 9.18 Å². The van der Waals surface area contributed by atoms with Crippen LogP contribution in [0.2, 0.25) is 5.02 Å². The Hall–Kier alpha value is -3.86. The molecular weight excluding hydrogens is 560 g/mol. The van der Waals surface area contributed by atoms with Gasteiger partial charge in [-0.15, -0.1) is 13.2 Å². The van der Waals surface area contributed by atoms with Gasteiger partial charge in [-0.2, -0.15) is 4.98 Å². The van der Waals surface area contributed by atoms with E-state index >= 15 is 4.39 Å². The number of nitrogens with one attached hydrogen (secondary N) is 2. The molecule has 0 spiro atoms. The molecule has 0 saturated heterocycles. The van der Waals surface area contributed by atoms with E-state index in [-0.39, 0.29) is 16.9 Å². The van der Waals surface area contributed by atoms with Gasteiger partial charge in [0.1, 0.15) is 18.2 Å². The Kier molecular flexibility index (Phi) is 12.4. The Morgan fingerprint density at radius 3 is 2.62 bits per heavy atom. The molecule has 1 unspecified atom stereocenters. The summed E-state index contributed by atoms with van der Waals surface area (Å²) in [6.07, 6.45) is 4.89. The van der Waals surface area contributed by atoms with E-state index in [0.29, 0.717) is 47.6 Å². The first-order chi connectivity index (χ1) is 20.2. The highest BCUT2D eigenvalue weighted by Crippen LogP contribution is 2.31. The largest absolute Gasteiger partial charge is 0.385 e. The van der Waals surface area contributed by atoms with Gasteiger partial charge in [-0.05, 0) is 80.6 Å². The van der Waals surface area contributed by atoms with E-state index in [1.54, 1.807) is 24.4 Å². The van der Waals surface area contributed by atoms with Crippen molar-refractivity contribution in [2.75, 3.05) is 19.8 Å². The zero-order valence-electron chi connectivity index (χ0n) is 23.8. The van der Waals surface area contributed by atoms with Crippen LogP contribution in [0.1, 0.15) is 37.3 Å². The Balaban J connectivity index is 0.00000237. The third kappa shape index (κ3) is 8.82. The topological polar surface area (TPSA) is 127 Å². The molecule has 42 heavy (non-hydrogen) atoms. The van der Waals surface area contributed by atoms with Gasteiger partial charge < -0.3 is 21.8 Å².